The summed E-state index contributed by atoms with van der Waals surface area (Å²) in [6.45, 7) is 0. The van der Waals surface area contributed by atoms with Crippen molar-refractivity contribution in [2.45, 2.75) is 0 Å². The molecule has 3 nitrogen and oxygen atoms in total. The van der Waals surface area contributed by atoms with Gasteiger partial charge in [-0.3, -0.25) is 5.41 Å². The van der Waals surface area contributed by atoms with E-state index >= 15 is 0 Å². The molecule has 0 saturated heterocycles. The molecule has 66 valence electrons. The first kappa shape index (κ1) is 9.62. The van der Waals surface area contributed by atoms with Crippen molar-refractivity contribution < 1.29 is 0 Å². The largest absolute Gasteiger partial charge is 0.335 e. The van der Waals surface area contributed by atoms with Gasteiger partial charge in [0.15, 0.2) is 5.17 Å². The van der Waals surface area contributed by atoms with Gasteiger partial charge in [0.2, 0.25) is 0 Å². The second-order valence-corrected chi connectivity index (χ2v) is 3.16. The Labute approximate surface area is 81.3 Å². The first-order chi connectivity index (χ1) is 6.26. The van der Waals surface area contributed by atoms with Crippen LogP contribution in [0.5, 0.6) is 0 Å². The number of nitrogens with zero attached hydrogens (tertiary/aromatic N) is 1. The molecule has 0 fully saturated rings. The molecule has 0 aliphatic rings. The Kier molecular flexibility index (Phi) is 3.35. The Bertz CT molecular complexity index is 337. The zero-order valence-corrected chi connectivity index (χ0v) is 7.98. The number of nitriles is 1. The van der Waals surface area contributed by atoms with Gasteiger partial charge in [0.1, 0.15) is 0 Å². The average molecular weight is 191 g/mol. The Hall–Kier alpha value is -1.47. The summed E-state index contributed by atoms with van der Waals surface area (Å²) in [5, 5.41) is 19.2. The number of nitrogens with one attached hydrogen (secondary N) is 2. The van der Waals surface area contributed by atoms with Crippen LogP contribution < -0.4 is 5.32 Å². The van der Waals surface area contributed by atoms with E-state index in [0.717, 1.165) is 5.69 Å². The van der Waals surface area contributed by atoms with Gasteiger partial charge < -0.3 is 5.32 Å². The third-order valence-electron chi connectivity index (χ3n) is 1.48. The smallest absolute Gasteiger partial charge is 0.157 e. The van der Waals surface area contributed by atoms with Gasteiger partial charge in [-0.05, 0) is 30.5 Å². The van der Waals surface area contributed by atoms with E-state index < -0.39 is 0 Å². The summed E-state index contributed by atoms with van der Waals surface area (Å²) >= 11 is 1.34. The molecule has 1 aromatic carbocycles. The quantitative estimate of drug-likeness (QED) is 0.528. The van der Waals surface area contributed by atoms with Crippen molar-refractivity contribution in [1.82, 2.24) is 0 Å². The fourth-order valence-corrected chi connectivity index (χ4v) is 1.03. The minimum Gasteiger partial charge on any atom is -0.335 e. The van der Waals surface area contributed by atoms with Crippen molar-refractivity contribution in [3.8, 4) is 6.07 Å². The van der Waals surface area contributed by atoms with Crippen molar-refractivity contribution in [3.63, 3.8) is 0 Å². The molecule has 0 unspecified atom stereocenters. The number of rotatable bonds is 1. The summed E-state index contributed by atoms with van der Waals surface area (Å²) < 4.78 is 0. The van der Waals surface area contributed by atoms with E-state index in [1.807, 2.05) is 12.3 Å². The van der Waals surface area contributed by atoms with E-state index in [2.05, 4.69) is 5.32 Å². The molecule has 0 heterocycles. The van der Waals surface area contributed by atoms with Gasteiger partial charge >= 0.3 is 0 Å². The monoisotopic (exact) mass is 191 g/mol. The van der Waals surface area contributed by atoms with Crippen LogP contribution in [0.4, 0.5) is 5.69 Å². The standard InChI is InChI=1S/C9H9N3S/c1-13-9(11)12-8-4-2-7(6-10)3-5-8/h2-5H,1H3,(H2,11,12). The zero-order valence-electron chi connectivity index (χ0n) is 7.16. The van der Waals surface area contributed by atoms with Crippen LogP contribution in [-0.2, 0) is 0 Å². The van der Waals surface area contributed by atoms with Gasteiger partial charge in [-0.15, -0.1) is 0 Å². The maximum Gasteiger partial charge on any atom is 0.157 e. The van der Waals surface area contributed by atoms with E-state index in [9.17, 15) is 0 Å². The van der Waals surface area contributed by atoms with Crippen LogP contribution in [0.25, 0.3) is 0 Å². The summed E-state index contributed by atoms with van der Waals surface area (Å²) in [6.07, 6.45) is 1.83. The molecular formula is C9H9N3S. The predicted octanol–water partition coefficient (Wildman–Crippen LogP) is 2.27. The van der Waals surface area contributed by atoms with Crippen LogP contribution in [0.1, 0.15) is 5.56 Å². The van der Waals surface area contributed by atoms with Crippen LogP contribution in [0, 0.1) is 16.7 Å². The molecule has 0 aliphatic heterocycles. The van der Waals surface area contributed by atoms with Crippen LogP contribution in [0.2, 0.25) is 0 Å². The van der Waals surface area contributed by atoms with Crippen molar-refractivity contribution in [1.29, 1.82) is 10.7 Å². The second-order valence-electron chi connectivity index (χ2n) is 2.35. The molecule has 0 atom stereocenters. The van der Waals surface area contributed by atoms with Crippen LogP contribution in [0.3, 0.4) is 0 Å². The highest BCUT2D eigenvalue weighted by molar-refractivity contribution is 8.13. The lowest BCUT2D eigenvalue weighted by Gasteiger charge is -2.03. The van der Waals surface area contributed by atoms with Crippen molar-refractivity contribution >= 4 is 22.6 Å². The SMILES string of the molecule is CSC(=N)Nc1ccc(C#N)cc1. The Morgan fingerprint density at radius 2 is 2.08 bits per heavy atom. The molecule has 0 spiro atoms. The summed E-state index contributed by atoms with van der Waals surface area (Å²) in [5.41, 5.74) is 1.46. The number of hydrogen-bond acceptors (Lipinski definition) is 3. The lowest BCUT2D eigenvalue weighted by Crippen LogP contribution is -2.04. The van der Waals surface area contributed by atoms with E-state index in [4.69, 9.17) is 10.7 Å². The molecule has 0 aromatic heterocycles. The van der Waals surface area contributed by atoms with Gasteiger partial charge in [-0.1, -0.05) is 11.8 Å². The zero-order chi connectivity index (χ0) is 9.68. The van der Waals surface area contributed by atoms with Crippen molar-refractivity contribution in [2.75, 3.05) is 11.6 Å². The highest BCUT2D eigenvalue weighted by Crippen LogP contribution is 2.10. The molecule has 0 saturated carbocycles. The minimum absolute atomic E-state index is 0.393. The molecule has 1 rings (SSSR count). The fourth-order valence-electron chi connectivity index (χ4n) is 0.810. The van der Waals surface area contributed by atoms with Gasteiger partial charge in [-0.2, -0.15) is 5.26 Å². The average Bonchev–Trinajstić information content (AvgIpc) is 2.19. The molecule has 2 N–H and O–H groups in total. The molecule has 4 heteroatoms. The third kappa shape index (κ3) is 2.80. The van der Waals surface area contributed by atoms with E-state index in [1.54, 1.807) is 24.3 Å². The first-order valence-corrected chi connectivity index (χ1v) is 4.88. The molecular weight excluding hydrogens is 182 g/mol. The summed E-state index contributed by atoms with van der Waals surface area (Å²) in [4.78, 5) is 0. The third-order valence-corrected chi connectivity index (χ3v) is 1.99. The Morgan fingerprint density at radius 1 is 1.46 bits per heavy atom. The summed E-state index contributed by atoms with van der Waals surface area (Å²) in [7, 11) is 0. The van der Waals surface area contributed by atoms with Crippen LogP contribution in [0.15, 0.2) is 24.3 Å². The maximum absolute atomic E-state index is 8.54. The predicted molar refractivity (Wildman–Crippen MR) is 56.0 cm³/mol. The molecule has 0 aliphatic carbocycles. The van der Waals surface area contributed by atoms with Gasteiger partial charge in [-0.25, -0.2) is 0 Å². The molecule has 0 amide bonds. The first-order valence-electron chi connectivity index (χ1n) is 3.66. The number of anilines is 1. The number of amidine groups is 1. The highest BCUT2D eigenvalue weighted by Gasteiger charge is 1.95. The van der Waals surface area contributed by atoms with Crippen molar-refractivity contribution in [3.05, 3.63) is 29.8 Å². The number of thioether (sulfide) groups is 1. The van der Waals surface area contributed by atoms with Crippen molar-refractivity contribution in [2.24, 2.45) is 0 Å². The Balaban J connectivity index is 2.71. The van der Waals surface area contributed by atoms with Gasteiger partial charge in [0.05, 0.1) is 11.6 Å². The summed E-state index contributed by atoms with van der Waals surface area (Å²) in [5.74, 6) is 0. The fraction of sp³-hybridized carbons (Fsp3) is 0.111. The molecule has 13 heavy (non-hydrogen) atoms. The number of hydrogen-bond donors (Lipinski definition) is 2. The minimum atomic E-state index is 0.393. The normalized spacial score (nSPS) is 8.92. The van der Waals surface area contributed by atoms with Gasteiger partial charge in [0.25, 0.3) is 0 Å². The van der Waals surface area contributed by atoms with Crippen LogP contribution >= 0.6 is 11.8 Å². The topological polar surface area (TPSA) is 59.7 Å². The van der Waals surface area contributed by atoms with E-state index in [-0.39, 0.29) is 0 Å². The lowest BCUT2D eigenvalue weighted by molar-refractivity contribution is 1.47. The number of benzene rings is 1. The van der Waals surface area contributed by atoms with Gasteiger partial charge in [0, 0.05) is 5.69 Å². The second kappa shape index (κ2) is 4.53. The van der Waals surface area contributed by atoms with E-state index in [0.29, 0.717) is 10.7 Å². The Morgan fingerprint density at radius 3 is 2.54 bits per heavy atom. The highest BCUT2D eigenvalue weighted by atomic mass is 32.2. The maximum atomic E-state index is 8.54. The van der Waals surface area contributed by atoms with E-state index in [1.165, 1.54) is 11.8 Å². The summed E-state index contributed by atoms with van der Waals surface area (Å²) in [6, 6.07) is 9.03. The molecule has 1 aromatic rings. The lowest BCUT2D eigenvalue weighted by atomic mass is 10.2. The van der Waals surface area contributed by atoms with Crippen LogP contribution in [-0.4, -0.2) is 11.4 Å². The molecule has 0 bridgehead atoms. The molecule has 0 radical (unpaired) electrons.